The Bertz CT molecular complexity index is 421. The van der Waals surface area contributed by atoms with E-state index in [2.05, 4.69) is 43.4 Å². The third kappa shape index (κ3) is 6.50. The van der Waals surface area contributed by atoms with Crippen molar-refractivity contribution in [1.82, 2.24) is 5.43 Å². The summed E-state index contributed by atoms with van der Waals surface area (Å²) in [5.74, 6) is 0.528. The predicted octanol–water partition coefficient (Wildman–Crippen LogP) is 4.23. The third-order valence-corrected chi connectivity index (χ3v) is 3.26. The Balaban J connectivity index is 2.31. The van der Waals surface area contributed by atoms with Gasteiger partial charge in [0.25, 0.3) is 0 Å². The van der Waals surface area contributed by atoms with Gasteiger partial charge < -0.3 is 0 Å². The lowest BCUT2D eigenvalue weighted by Crippen LogP contribution is -2.16. The van der Waals surface area contributed by atoms with Crippen molar-refractivity contribution < 1.29 is 4.79 Å². The molecule has 1 N–H and O–H groups in total. The van der Waals surface area contributed by atoms with Crippen molar-refractivity contribution in [3.8, 4) is 0 Å². The molecular formula is C17H26N2O. The lowest BCUT2D eigenvalue weighted by atomic mass is 10.0. The molecule has 0 aliphatic heterocycles. The minimum absolute atomic E-state index is 0.00356. The summed E-state index contributed by atoms with van der Waals surface area (Å²) < 4.78 is 0. The molecule has 3 nitrogen and oxygen atoms in total. The fourth-order valence-electron chi connectivity index (χ4n) is 1.91. The highest BCUT2D eigenvalue weighted by molar-refractivity contribution is 5.82. The average molecular weight is 274 g/mol. The van der Waals surface area contributed by atoms with Crippen LogP contribution in [0.5, 0.6) is 0 Å². The van der Waals surface area contributed by atoms with Gasteiger partial charge in [-0.25, -0.2) is 5.43 Å². The Morgan fingerprint density at radius 3 is 2.50 bits per heavy atom. The zero-order valence-electron chi connectivity index (χ0n) is 12.9. The second-order valence-electron chi connectivity index (χ2n) is 5.43. The molecule has 1 rings (SSSR count). The summed E-state index contributed by atoms with van der Waals surface area (Å²) in [6.45, 7) is 6.50. The summed E-state index contributed by atoms with van der Waals surface area (Å²) in [4.78, 5) is 11.5. The normalized spacial score (nSPS) is 11.2. The van der Waals surface area contributed by atoms with E-state index in [1.165, 1.54) is 18.4 Å². The van der Waals surface area contributed by atoms with Crippen LogP contribution in [0.2, 0.25) is 0 Å². The molecule has 0 atom stereocenters. The van der Waals surface area contributed by atoms with E-state index in [0.29, 0.717) is 12.3 Å². The number of amides is 1. The SMILES string of the molecule is CCCCCCC(=O)N/N=C/c1ccc(C(C)C)cc1. The minimum atomic E-state index is -0.00356. The molecule has 0 aromatic heterocycles. The third-order valence-electron chi connectivity index (χ3n) is 3.26. The van der Waals surface area contributed by atoms with Crippen LogP contribution in [0.4, 0.5) is 0 Å². The van der Waals surface area contributed by atoms with Crippen molar-refractivity contribution >= 4 is 12.1 Å². The van der Waals surface area contributed by atoms with Crippen molar-refractivity contribution in [3.05, 3.63) is 35.4 Å². The molecule has 1 amide bonds. The zero-order chi connectivity index (χ0) is 14.8. The maximum absolute atomic E-state index is 11.5. The zero-order valence-corrected chi connectivity index (χ0v) is 12.9. The molecule has 1 aromatic carbocycles. The molecule has 0 saturated heterocycles. The first kappa shape index (κ1) is 16.4. The van der Waals surface area contributed by atoms with Gasteiger partial charge in [-0.2, -0.15) is 5.10 Å². The molecule has 3 heteroatoms. The van der Waals surface area contributed by atoms with Gasteiger partial charge in [0, 0.05) is 6.42 Å². The number of carbonyl (C=O) groups is 1. The first-order valence-corrected chi connectivity index (χ1v) is 7.55. The van der Waals surface area contributed by atoms with Crippen LogP contribution < -0.4 is 5.43 Å². The van der Waals surface area contributed by atoms with Crippen LogP contribution in [0.1, 0.15) is 69.9 Å². The number of unbranched alkanes of at least 4 members (excludes halogenated alkanes) is 3. The summed E-state index contributed by atoms with van der Waals surface area (Å²) in [5.41, 5.74) is 4.88. The van der Waals surface area contributed by atoms with Gasteiger partial charge in [-0.05, 0) is 23.5 Å². The second kappa shape index (κ2) is 9.29. The number of carbonyl (C=O) groups excluding carboxylic acids is 1. The van der Waals surface area contributed by atoms with Gasteiger partial charge in [-0.3, -0.25) is 4.79 Å². The van der Waals surface area contributed by atoms with Gasteiger partial charge >= 0.3 is 0 Å². The van der Waals surface area contributed by atoms with Gasteiger partial charge in [0.15, 0.2) is 0 Å². The van der Waals surface area contributed by atoms with Crippen molar-refractivity contribution in [2.45, 2.75) is 58.8 Å². The van der Waals surface area contributed by atoms with Gasteiger partial charge in [0.2, 0.25) is 5.91 Å². The summed E-state index contributed by atoms with van der Waals surface area (Å²) >= 11 is 0. The number of nitrogens with one attached hydrogen (secondary N) is 1. The Labute approximate surface area is 122 Å². The van der Waals surface area contributed by atoms with Crippen LogP contribution in [0.25, 0.3) is 0 Å². The fraction of sp³-hybridized carbons (Fsp3) is 0.529. The summed E-state index contributed by atoms with van der Waals surface area (Å²) in [6.07, 6.45) is 6.69. The molecule has 1 aromatic rings. The van der Waals surface area contributed by atoms with Crippen LogP contribution in [0.3, 0.4) is 0 Å². The largest absolute Gasteiger partial charge is 0.273 e. The number of hydrogen-bond donors (Lipinski definition) is 1. The molecule has 0 saturated carbocycles. The van der Waals surface area contributed by atoms with Crippen LogP contribution in [0, 0.1) is 0 Å². The van der Waals surface area contributed by atoms with E-state index in [9.17, 15) is 4.79 Å². The molecule has 110 valence electrons. The van der Waals surface area contributed by atoms with Crippen LogP contribution in [-0.2, 0) is 4.79 Å². The first-order chi connectivity index (χ1) is 9.63. The number of rotatable bonds is 8. The van der Waals surface area contributed by atoms with Crippen molar-refractivity contribution in [2.24, 2.45) is 5.10 Å². The van der Waals surface area contributed by atoms with Gasteiger partial charge in [0.05, 0.1) is 6.21 Å². The van der Waals surface area contributed by atoms with Crippen LogP contribution in [0.15, 0.2) is 29.4 Å². The van der Waals surface area contributed by atoms with Crippen molar-refractivity contribution in [3.63, 3.8) is 0 Å². The Hall–Kier alpha value is -1.64. The molecule has 0 bridgehead atoms. The van der Waals surface area contributed by atoms with Gasteiger partial charge in [-0.1, -0.05) is 64.3 Å². The predicted molar refractivity (Wildman–Crippen MR) is 85.0 cm³/mol. The van der Waals surface area contributed by atoms with Crippen LogP contribution in [-0.4, -0.2) is 12.1 Å². The van der Waals surface area contributed by atoms with E-state index in [4.69, 9.17) is 0 Å². The minimum Gasteiger partial charge on any atom is -0.273 e. The molecule has 0 aliphatic rings. The van der Waals surface area contributed by atoms with E-state index in [0.717, 1.165) is 18.4 Å². The lowest BCUT2D eigenvalue weighted by molar-refractivity contribution is -0.121. The smallest absolute Gasteiger partial charge is 0.240 e. The second-order valence-corrected chi connectivity index (χ2v) is 5.43. The summed E-state index contributed by atoms with van der Waals surface area (Å²) in [6, 6.07) is 8.23. The number of hydrazone groups is 1. The van der Waals surface area contributed by atoms with E-state index in [-0.39, 0.29) is 5.91 Å². The number of benzene rings is 1. The molecule has 0 heterocycles. The Kier molecular flexibility index (Phi) is 7.63. The summed E-state index contributed by atoms with van der Waals surface area (Å²) in [5, 5.41) is 3.99. The lowest BCUT2D eigenvalue weighted by Gasteiger charge is -2.04. The molecule has 0 spiro atoms. The summed E-state index contributed by atoms with van der Waals surface area (Å²) in [7, 11) is 0. The van der Waals surface area contributed by atoms with Gasteiger partial charge in [0.1, 0.15) is 0 Å². The maximum atomic E-state index is 11.5. The van der Waals surface area contributed by atoms with E-state index in [1.54, 1.807) is 6.21 Å². The van der Waals surface area contributed by atoms with Crippen LogP contribution >= 0.6 is 0 Å². The van der Waals surface area contributed by atoms with E-state index < -0.39 is 0 Å². The Morgan fingerprint density at radius 2 is 1.90 bits per heavy atom. The van der Waals surface area contributed by atoms with Gasteiger partial charge in [-0.15, -0.1) is 0 Å². The first-order valence-electron chi connectivity index (χ1n) is 7.55. The molecule has 20 heavy (non-hydrogen) atoms. The van der Waals surface area contributed by atoms with Crippen molar-refractivity contribution in [1.29, 1.82) is 0 Å². The molecular weight excluding hydrogens is 248 g/mol. The standard InChI is InChI=1S/C17H26N2O/c1-4-5-6-7-8-17(20)19-18-13-15-9-11-16(12-10-15)14(2)3/h9-14H,4-8H2,1-3H3,(H,19,20)/b18-13+. The highest BCUT2D eigenvalue weighted by Gasteiger charge is 1.99. The molecule has 0 fully saturated rings. The molecule has 0 unspecified atom stereocenters. The quantitative estimate of drug-likeness (QED) is 0.430. The van der Waals surface area contributed by atoms with Crippen molar-refractivity contribution in [2.75, 3.05) is 0 Å². The average Bonchev–Trinajstić information content (AvgIpc) is 2.44. The highest BCUT2D eigenvalue weighted by Crippen LogP contribution is 2.13. The number of hydrogen-bond acceptors (Lipinski definition) is 2. The highest BCUT2D eigenvalue weighted by atomic mass is 16.2. The maximum Gasteiger partial charge on any atom is 0.240 e. The monoisotopic (exact) mass is 274 g/mol. The Morgan fingerprint density at radius 1 is 1.20 bits per heavy atom. The molecule has 0 radical (unpaired) electrons. The topological polar surface area (TPSA) is 41.5 Å². The van der Waals surface area contributed by atoms with E-state index in [1.807, 2.05) is 12.1 Å². The number of nitrogens with zero attached hydrogens (tertiary/aromatic N) is 1. The van der Waals surface area contributed by atoms with E-state index >= 15 is 0 Å². The fourth-order valence-corrected chi connectivity index (χ4v) is 1.91. The molecule has 0 aliphatic carbocycles.